The number of hydrogen-bond donors (Lipinski definition) is 1. The highest BCUT2D eigenvalue weighted by Crippen LogP contribution is 2.25. The first-order chi connectivity index (χ1) is 10.3. The van der Waals surface area contributed by atoms with Crippen molar-refractivity contribution in [1.29, 1.82) is 5.26 Å². The molecule has 1 aromatic heterocycles. The molecule has 1 saturated heterocycles. The van der Waals surface area contributed by atoms with E-state index in [2.05, 4.69) is 16.5 Å². The van der Waals surface area contributed by atoms with Crippen LogP contribution in [0.3, 0.4) is 0 Å². The van der Waals surface area contributed by atoms with Crippen LogP contribution in [0.4, 0.5) is 5.13 Å². The van der Waals surface area contributed by atoms with Crippen molar-refractivity contribution in [2.24, 2.45) is 5.92 Å². The molecule has 1 aromatic carbocycles. The Balaban J connectivity index is 1.65. The van der Waals surface area contributed by atoms with E-state index in [0.717, 1.165) is 17.7 Å². The van der Waals surface area contributed by atoms with E-state index in [9.17, 15) is 4.79 Å². The molecule has 1 aliphatic rings. The summed E-state index contributed by atoms with van der Waals surface area (Å²) < 4.78 is 0. The molecule has 1 N–H and O–H groups in total. The summed E-state index contributed by atoms with van der Waals surface area (Å²) in [6.07, 6.45) is 2.80. The van der Waals surface area contributed by atoms with Crippen LogP contribution in [0.1, 0.15) is 6.42 Å². The van der Waals surface area contributed by atoms with Gasteiger partial charge in [-0.25, -0.2) is 4.98 Å². The number of hydrogen-bond acceptors (Lipinski definition) is 5. The average molecular weight is 298 g/mol. The maximum atomic E-state index is 12.1. The molecule has 1 atom stereocenters. The highest BCUT2D eigenvalue weighted by Gasteiger charge is 2.28. The lowest BCUT2D eigenvalue weighted by Crippen LogP contribution is -2.25. The van der Waals surface area contributed by atoms with Crippen LogP contribution in [0.5, 0.6) is 0 Å². The minimum Gasteiger partial charge on any atom is -0.310 e. The quantitative estimate of drug-likeness (QED) is 0.884. The van der Waals surface area contributed by atoms with Crippen molar-refractivity contribution in [2.45, 2.75) is 6.42 Å². The van der Waals surface area contributed by atoms with Crippen molar-refractivity contribution in [3.05, 3.63) is 35.7 Å². The number of thiazole rings is 1. The van der Waals surface area contributed by atoms with Crippen LogP contribution in [-0.4, -0.2) is 28.9 Å². The lowest BCUT2D eigenvalue weighted by molar-refractivity contribution is -0.119. The van der Waals surface area contributed by atoms with E-state index in [-0.39, 0.29) is 11.8 Å². The fourth-order valence-electron chi connectivity index (χ4n) is 2.35. The van der Waals surface area contributed by atoms with Gasteiger partial charge in [0, 0.05) is 24.0 Å². The van der Waals surface area contributed by atoms with Crippen LogP contribution in [-0.2, 0) is 4.79 Å². The predicted molar refractivity (Wildman–Crippen MR) is 81.5 cm³/mol. The molecule has 1 fully saturated rings. The van der Waals surface area contributed by atoms with Gasteiger partial charge in [0.2, 0.25) is 5.91 Å². The number of nitrogens with one attached hydrogen (secondary N) is 1. The summed E-state index contributed by atoms with van der Waals surface area (Å²) in [6.45, 7) is 1.15. The molecule has 3 rings (SSSR count). The van der Waals surface area contributed by atoms with Crippen LogP contribution in [0.2, 0.25) is 0 Å². The van der Waals surface area contributed by atoms with Gasteiger partial charge in [-0.1, -0.05) is 30.3 Å². The molecule has 106 valence electrons. The van der Waals surface area contributed by atoms with Crippen LogP contribution in [0.15, 0.2) is 35.7 Å². The number of nitrogens with zero attached hydrogens (tertiary/aromatic N) is 3. The minimum absolute atomic E-state index is 0.0540. The number of likely N-dealkylation sites (tertiary alicyclic amines) is 1. The first-order valence-corrected chi connectivity index (χ1v) is 7.61. The van der Waals surface area contributed by atoms with E-state index >= 15 is 0 Å². The highest BCUT2D eigenvalue weighted by molar-refractivity contribution is 7.14. The molecule has 6 heteroatoms. The Labute approximate surface area is 126 Å². The summed E-state index contributed by atoms with van der Waals surface area (Å²) in [5, 5.41) is 14.2. The van der Waals surface area contributed by atoms with Gasteiger partial charge in [-0.3, -0.25) is 4.79 Å². The van der Waals surface area contributed by atoms with Gasteiger partial charge in [-0.15, -0.1) is 11.3 Å². The van der Waals surface area contributed by atoms with E-state index in [0.29, 0.717) is 18.2 Å². The highest BCUT2D eigenvalue weighted by atomic mass is 32.1. The lowest BCUT2D eigenvalue weighted by Gasteiger charge is -2.08. The first-order valence-electron chi connectivity index (χ1n) is 6.73. The van der Waals surface area contributed by atoms with Gasteiger partial charge >= 0.3 is 0 Å². The summed E-state index contributed by atoms with van der Waals surface area (Å²) in [7, 11) is 0. The molecule has 0 unspecified atom stereocenters. The number of nitriles is 1. The molecule has 0 spiro atoms. The van der Waals surface area contributed by atoms with Crippen molar-refractivity contribution in [2.75, 3.05) is 18.4 Å². The zero-order valence-corrected chi connectivity index (χ0v) is 12.1. The summed E-state index contributed by atoms with van der Waals surface area (Å²) >= 11 is 1.42. The molecule has 0 bridgehead atoms. The zero-order valence-electron chi connectivity index (χ0n) is 11.3. The predicted octanol–water partition coefficient (Wildman–Crippen LogP) is 2.55. The van der Waals surface area contributed by atoms with Gasteiger partial charge in [0.25, 0.3) is 0 Å². The number of carbonyl (C=O) groups is 1. The first kappa shape index (κ1) is 13.6. The van der Waals surface area contributed by atoms with Gasteiger partial charge in [-0.05, 0) is 6.42 Å². The van der Waals surface area contributed by atoms with Gasteiger partial charge < -0.3 is 10.2 Å². The average Bonchev–Trinajstić information content (AvgIpc) is 3.17. The molecule has 21 heavy (non-hydrogen) atoms. The van der Waals surface area contributed by atoms with Crippen molar-refractivity contribution in [3.8, 4) is 17.5 Å². The molecule has 0 radical (unpaired) electrons. The summed E-state index contributed by atoms with van der Waals surface area (Å²) in [5.41, 5.74) is 1.90. The third kappa shape index (κ3) is 3.03. The fraction of sp³-hybridized carbons (Fsp3) is 0.267. The maximum Gasteiger partial charge on any atom is 0.231 e. The molecular formula is C15H14N4OS. The van der Waals surface area contributed by atoms with E-state index in [1.807, 2.05) is 35.7 Å². The molecule has 1 aliphatic heterocycles. The van der Waals surface area contributed by atoms with Gasteiger partial charge in [0.1, 0.15) is 0 Å². The number of rotatable bonds is 3. The van der Waals surface area contributed by atoms with E-state index in [1.54, 1.807) is 4.90 Å². The van der Waals surface area contributed by atoms with E-state index < -0.39 is 0 Å². The third-order valence-corrected chi connectivity index (χ3v) is 4.26. The third-order valence-electron chi connectivity index (χ3n) is 3.50. The smallest absolute Gasteiger partial charge is 0.231 e. The van der Waals surface area contributed by atoms with E-state index in [4.69, 9.17) is 5.26 Å². The Bertz CT molecular complexity index is 676. The molecule has 5 nitrogen and oxygen atoms in total. The normalized spacial score (nSPS) is 17.5. The van der Waals surface area contributed by atoms with Gasteiger partial charge in [0.15, 0.2) is 11.3 Å². The molecule has 2 aromatic rings. The van der Waals surface area contributed by atoms with Crippen LogP contribution >= 0.6 is 11.3 Å². The number of anilines is 1. The van der Waals surface area contributed by atoms with Crippen LogP contribution < -0.4 is 5.32 Å². The fourth-order valence-corrected chi connectivity index (χ4v) is 3.07. The monoisotopic (exact) mass is 298 g/mol. The zero-order chi connectivity index (χ0) is 14.7. The van der Waals surface area contributed by atoms with Crippen molar-refractivity contribution < 1.29 is 4.79 Å². The number of amides is 1. The van der Waals surface area contributed by atoms with Crippen LogP contribution in [0.25, 0.3) is 11.3 Å². The van der Waals surface area contributed by atoms with E-state index in [1.165, 1.54) is 11.3 Å². The second-order valence-corrected chi connectivity index (χ2v) is 5.78. The molecule has 0 aliphatic carbocycles. The SMILES string of the molecule is N#CN1CC[C@H](C(=O)Nc2nc(-c3ccccc3)cs2)C1. The number of benzene rings is 1. The Kier molecular flexibility index (Phi) is 3.84. The number of aromatic nitrogens is 1. The van der Waals surface area contributed by atoms with Crippen molar-refractivity contribution in [3.63, 3.8) is 0 Å². The maximum absolute atomic E-state index is 12.1. The molecule has 2 heterocycles. The Hall–Kier alpha value is -2.39. The topological polar surface area (TPSA) is 69.0 Å². The largest absolute Gasteiger partial charge is 0.310 e. The standard InChI is InChI=1S/C15H14N4OS/c16-10-19-7-6-12(8-19)14(20)18-15-17-13(9-21-15)11-4-2-1-3-5-11/h1-5,9,12H,6-8H2,(H,17,18,20)/t12-/m0/s1. The lowest BCUT2D eigenvalue weighted by atomic mass is 10.1. The van der Waals surface area contributed by atoms with Crippen molar-refractivity contribution >= 4 is 22.4 Å². The summed E-state index contributed by atoms with van der Waals surface area (Å²) in [4.78, 5) is 18.2. The second kappa shape index (κ2) is 5.94. The molecule has 0 saturated carbocycles. The van der Waals surface area contributed by atoms with Crippen LogP contribution in [0, 0.1) is 17.4 Å². The Morgan fingerprint density at radius 2 is 2.24 bits per heavy atom. The minimum atomic E-state index is -0.131. The van der Waals surface area contributed by atoms with Gasteiger partial charge in [-0.2, -0.15) is 5.26 Å². The van der Waals surface area contributed by atoms with Crippen molar-refractivity contribution in [1.82, 2.24) is 9.88 Å². The molecular weight excluding hydrogens is 284 g/mol. The van der Waals surface area contributed by atoms with Gasteiger partial charge in [0.05, 0.1) is 11.6 Å². The summed E-state index contributed by atoms with van der Waals surface area (Å²) in [6, 6.07) is 9.86. The number of carbonyl (C=O) groups excluding carboxylic acids is 1. The molecule has 1 amide bonds. The Morgan fingerprint density at radius 1 is 1.43 bits per heavy atom. The summed E-state index contributed by atoms with van der Waals surface area (Å²) in [5.74, 6) is -0.185. The Morgan fingerprint density at radius 3 is 2.95 bits per heavy atom. The second-order valence-electron chi connectivity index (χ2n) is 4.92.